The maximum atomic E-state index is 8.06. The summed E-state index contributed by atoms with van der Waals surface area (Å²) in [5.74, 6) is 0. The molecule has 0 bridgehead atoms. The van der Waals surface area contributed by atoms with Crippen LogP contribution in [0.1, 0.15) is 13.8 Å². The van der Waals surface area contributed by atoms with Crippen LogP contribution in [0.2, 0.25) is 0 Å². The second-order valence-corrected chi connectivity index (χ2v) is 2.03. The molecule has 1 rings (SSSR count). The van der Waals surface area contributed by atoms with Crippen molar-refractivity contribution in [1.82, 2.24) is 0 Å². The molecule has 0 atom stereocenters. The average molecular weight is 134 g/mol. The second kappa shape index (κ2) is 6.01. The van der Waals surface area contributed by atoms with Gasteiger partial charge in [-0.25, -0.2) is 0 Å². The minimum Gasteiger partial charge on any atom is -0.394 e. The van der Waals surface area contributed by atoms with Crippen LogP contribution >= 0.6 is 0 Å². The fourth-order valence-corrected chi connectivity index (χ4v) is 0.295. The van der Waals surface area contributed by atoms with E-state index in [2.05, 4.69) is 0 Å². The number of hydrogen-bond donors (Lipinski definition) is 1. The lowest BCUT2D eigenvalue weighted by Gasteiger charge is -1.80. The number of rotatable bonds is 0. The molecule has 0 aliphatic carbocycles. The van der Waals surface area contributed by atoms with Crippen molar-refractivity contribution < 1.29 is 14.6 Å². The first-order valence-corrected chi connectivity index (χ1v) is 3.07. The zero-order valence-electron chi connectivity index (χ0n) is 5.96. The lowest BCUT2D eigenvalue weighted by atomic mass is 10.5. The van der Waals surface area contributed by atoms with E-state index in [9.17, 15) is 0 Å². The van der Waals surface area contributed by atoms with Crippen LogP contribution in [0.5, 0.6) is 0 Å². The van der Waals surface area contributed by atoms with Gasteiger partial charge in [0.05, 0.1) is 13.2 Å². The van der Waals surface area contributed by atoms with Crippen molar-refractivity contribution in [2.45, 2.75) is 20.0 Å². The number of aliphatic hydroxyl groups is 1. The SMILES string of the molecule is C1COCO1.CC(C)O. The molecular weight excluding hydrogens is 120 g/mol. The first-order valence-electron chi connectivity index (χ1n) is 3.07. The van der Waals surface area contributed by atoms with E-state index in [-0.39, 0.29) is 6.10 Å². The van der Waals surface area contributed by atoms with Crippen LogP contribution in [-0.4, -0.2) is 31.2 Å². The van der Waals surface area contributed by atoms with Gasteiger partial charge in [0.1, 0.15) is 6.79 Å². The predicted octanol–water partition coefficient (Wildman–Crippen LogP) is 0.378. The minimum atomic E-state index is -0.167. The van der Waals surface area contributed by atoms with E-state index in [1.165, 1.54) is 0 Å². The highest BCUT2D eigenvalue weighted by molar-refractivity contribution is 4.28. The van der Waals surface area contributed by atoms with E-state index >= 15 is 0 Å². The summed E-state index contributed by atoms with van der Waals surface area (Å²) in [6.07, 6.45) is -0.167. The predicted molar refractivity (Wildman–Crippen MR) is 34.1 cm³/mol. The quantitative estimate of drug-likeness (QED) is 0.520. The Morgan fingerprint density at radius 2 is 1.56 bits per heavy atom. The lowest BCUT2D eigenvalue weighted by molar-refractivity contribution is 0.0692. The van der Waals surface area contributed by atoms with Crippen molar-refractivity contribution >= 4 is 0 Å². The van der Waals surface area contributed by atoms with Gasteiger partial charge in [-0.3, -0.25) is 0 Å². The van der Waals surface area contributed by atoms with Crippen LogP contribution in [-0.2, 0) is 9.47 Å². The first kappa shape index (κ1) is 8.88. The summed E-state index contributed by atoms with van der Waals surface area (Å²) in [7, 11) is 0. The first-order chi connectivity index (χ1) is 4.23. The van der Waals surface area contributed by atoms with E-state index in [1.54, 1.807) is 13.8 Å². The molecule has 1 fully saturated rings. The molecule has 1 saturated heterocycles. The Bertz CT molecular complexity index is 39.9. The molecule has 0 aromatic rings. The molecular formula is C6H14O3. The van der Waals surface area contributed by atoms with Gasteiger partial charge in [0.2, 0.25) is 0 Å². The molecule has 9 heavy (non-hydrogen) atoms. The Morgan fingerprint density at radius 1 is 1.22 bits per heavy atom. The number of ether oxygens (including phenoxy) is 2. The van der Waals surface area contributed by atoms with Gasteiger partial charge in [-0.15, -0.1) is 0 Å². The summed E-state index contributed by atoms with van der Waals surface area (Å²) in [6, 6.07) is 0. The van der Waals surface area contributed by atoms with Crippen molar-refractivity contribution in [2.75, 3.05) is 20.0 Å². The Balaban J connectivity index is 0.000000148. The third-order valence-electron chi connectivity index (χ3n) is 0.539. The van der Waals surface area contributed by atoms with Crippen molar-refractivity contribution in [3.8, 4) is 0 Å². The van der Waals surface area contributed by atoms with Crippen LogP contribution in [0.15, 0.2) is 0 Å². The Labute approximate surface area is 55.6 Å². The maximum absolute atomic E-state index is 8.06. The molecule has 3 heteroatoms. The van der Waals surface area contributed by atoms with E-state index in [1.807, 2.05) is 0 Å². The van der Waals surface area contributed by atoms with Crippen LogP contribution < -0.4 is 0 Å². The van der Waals surface area contributed by atoms with Crippen LogP contribution in [0.4, 0.5) is 0 Å². The molecule has 0 spiro atoms. The smallest absolute Gasteiger partial charge is 0.146 e. The van der Waals surface area contributed by atoms with E-state index < -0.39 is 0 Å². The molecule has 3 nitrogen and oxygen atoms in total. The minimum absolute atomic E-state index is 0.167. The summed E-state index contributed by atoms with van der Waals surface area (Å²) < 4.78 is 9.44. The Morgan fingerprint density at radius 3 is 1.67 bits per heavy atom. The van der Waals surface area contributed by atoms with Gasteiger partial charge < -0.3 is 14.6 Å². The fraction of sp³-hybridized carbons (Fsp3) is 1.00. The van der Waals surface area contributed by atoms with Crippen molar-refractivity contribution in [1.29, 1.82) is 0 Å². The third kappa shape index (κ3) is 11.4. The van der Waals surface area contributed by atoms with Gasteiger partial charge in [0, 0.05) is 6.10 Å². The standard InChI is InChI=1S/C3H6O2.C3H8O/c1-2-5-3-4-1;1-3(2)4/h1-3H2;3-4H,1-2H3. The molecule has 1 heterocycles. The third-order valence-corrected chi connectivity index (χ3v) is 0.539. The van der Waals surface area contributed by atoms with Crippen LogP contribution in [0.3, 0.4) is 0 Å². The van der Waals surface area contributed by atoms with Crippen molar-refractivity contribution in [3.63, 3.8) is 0 Å². The fourth-order valence-electron chi connectivity index (χ4n) is 0.295. The van der Waals surface area contributed by atoms with E-state index in [4.69, 9.17) is 14.6 Å². The topological polar surface area (TPSA) is 38.7 Å². The molecule has 0 amide bonds. The summed E-state index contributed by atoms with van der Waals surface area (Å²) in [6.45, 7) is 5.50. The molecule has 0 radical (unpaired) electrons. The van der Waals surface area contributed by atoms with Gasteiger partial charge in [0.15, 0.2) is 0 Å². The Hall–Kier alpha value is -0.120. The average Bonchev–Trinajstić information content (AvgIpc) is 2.11. The molecule has 0 aromatic carbocycles. The lowest BCUT2D eigenvalue weighted by Crippen LogP contribution is -1.85. The molecule has 0 saturated carbocycles. The Kier molecular flexibility index (Phi) is 5.93. The highest BCUT2D eigenvalue weighted by Crippen LogP contribution is 1.85. The van der Waals surface area contributed by atoms with Gasteiger partial charge in [-0.2, -0.15) is 0 Å². The number of hydrogen-bond acceptors (Lipinski definition) is 3. The molecule has 0 aromatic heterocycles. The molecule has 56 valence electrons. The molecule has 1 N–H and O–H groups in total. The van der Waals surface area contributed by atoms with Gasteiger partial charge >= 0.3 is 0 Å². The maximum Gasteiger partial charge on any atom is 0.146 e. The van der Waals surface area contributed by atoms with Gasteiger partial charge in [0.25, 0.3) is 0 Å². The zero-order valence-corrected chi connectivity index (χ0v) is 5.96. The van der Waals surface area contributed by atoms with Gasteiger partial charge in [-0.1, -0.05) is 0 Å². The highest BCUT2D eigenvalue weighted by atomic mass is 16.7. The number of aliphatic hydroxyl groups excluding tert-OH is 1. The van der Waals surface area contributed by atoms with E-state index in [0.717, 1.165) is 13.2 Å². The monoisotopic (exact) mass is 134 g/mol. The normalized spacial score (nSPS) is 17.3. The zero-order chi connectivity index (χ0) is 7.11. The summed E-state index contributed by atoms with van der Waals surface area (Å²) in [5, 5.41) is 8.06. The summed E-state index contributed by atoms with van der Waals surface area (Å²) in [5.41, 5.74) is 0. The van der Waals surface area contributed by atoms with Gasteiger partial charge in [-0.05, 0) is 13.8 Å². The van der Waals surface area contributed by atoms with Crippen LogP contribution in [0, 0.1) is 0 Å². The molecule has 0 unspecified atom stereocenters. The highest BCUT2D eigenvalue weighted by Gasteiger charge is 1.93. The summed E-state index contributed by atoms with van der Waals surface area (Å²) in [4.78, 5) is 0. The largest absolute Gasteiger partial charge is 0.394 e. The molecule has 1 aliphatic heterocycles. The van der Waals surface area contributed by atoms with Crippen molar-refractivity contribution in [2.24, 2.45) is 0 Å². The van der Waals surface area contributed by atoms with Crippen LogP contribution in [0.25, 0.3) is 0 Å². The second-order valence-electron chi connectivity index (χ2n) is 2.03. The molecule has 1 aliphatic rings. The van der Waals surface area contributed by atoms with E-state index in [0.29, 0.717) is 6.79 Å². The summed E-state index contributed by atoms with van der Waals surface area (Å²) >= 11 is 0. The van der Waals surface area contributed by atoms with Crippen molar-refractivity contribution in [3.05, 3.63) is 0 Å².